The molecule has 0 aromatic carbocycles. The van der Waals surface area contributed by atoms with Gasteiger partial charge in [-0.3, -0.25) is 0 Å². The van der Waals surface area contributed by atoms with Crippen LogP contribution in [0.25, 0.3) is 0 Å². The van der Waals surface area contributed by atoms with Gasteiger partial charge in [-0.2, -0.15) is 0 Å². The molecule has 0 atom stereocenters. The Bertz CT molecular complexity index is 115. The third-order valence-electron chi connectivity index (χ3n) is 1.46. The largest absolute Gasteiger partial charge is 1.00 e. The van der Waals surface area contributed by atoms with E-state index in [9.17, 15) is 4.79 Å². The van der Waals surface area contributed by atoms with E-state index in [1.165, 1.54) is 0 Å². The molecule has 0 saturated heterocycles. The second kappa shape index (κ2) is 4.49. The summed E-state index contributed by atoms with van der Waals surface area (Å²) in [5, 5.41) is 0. The van der Waals surface area contributed by atoms with Crippen LogP contribution in [0.5, 0.6) is 0 Å². The van der Waals surface area contributed by atoms with Gasteiger partial charge in [0, 0.05) is 0 Å². The number of amides is 2. The molecule has 0 aromatic heterocycles. The number of hydrogen-bond donors (Lipinski definition) is 2. The Hall–Kier alpha value is -0.320. The predicted octanol–water partition coefficient (Wildman–Crippen LogP) is -3.33. The van der Waals surface area contributed by atoms with E-state index in [0.29, 0.717) is 0 Å². The highest BCUT2D eigenvalue weighted by atomic mass is 35.5. The summed E-state index contributed by atoms with van der Waals surface area (Å²) < 4.78 is 0.274. The van der Waals surface area contributed by atoms with Crippen LogP contribution in [0, 0.1) is 0 Å². The quantitative estimate of drug-likeness (QED) is 0.186. The maximum absolute atomic E-state index is 10.8. The van der Waals surface area contributed by atoms with E-state index >= 15 is 0 Å². The molecule has 0 rings (SSSR count). The van der Waals surface area contributed by atoms with Crippen LogP contribution in [-0.4, -0.2) is 31.2 Å². The Kier molecular flexibility index (Phi) is 5.55. The molecule has 0 unspecified atom stereocenters. The lowest BCUT2D eigenvalue weighted by Crippen LogP contribution is -3.00. The van der Waals surface area contributed by atoms with Gasteiger partial charge < -0.3 is 12.4 Å². The minimum atomic E-state index is -0.169. The fourth-order valence-electron chi connectivity index (χ4n) is 0.318. The monoisotopic (exact) mass is 167 g/mol. The SMILES string of the molecule is CC[N+](C)(C)C(=O)NN.[Cl-]. The van der Waals surface area contributed by atoms with Gasteiger partial charge in [0.25, 0.3) is 0 Å². The Balaban J connectivity index is 0. The summed E-state index contributed by atoms with van der Waals surface area (Å²) in [4.78, 5) is 10.8. The molecule has 0 aliphatic carbocycles. The van der Waals surface area contributed by atoms with Crippen molar-refractivity contribution in [3.8, 4) is 0 Å². The molecule has 62 valence electrons. The summed E-state index contributed by atoms with van der Waals surface area (Å²) in [6, 6.07) is -0.169. The average molecular weight is 168 g/mol. The van der Waals surface area contributed by atoms with Crippen LogP contribution in [0.2, 0.25) is 0 Å². The number of hydrogen-bond acceptors (Lipinski definition) is 2. The Morgan fingerprint density at radius 1 is 1.60 bits per heavy atom. The van der Waals surface area contributed by atoms with Crippen LogP contribution in [-0.2, 0) is 0 Å². The second-order valence-electron chi connectivity index (χ2n) is 2.45. The second-order valence-corrected chi connectivity index (χ2v) is 2.45. The Morgan fingerprint density at radius 2 is 2.00 bits per heavy atom. The van der Waals surface area contributed by atoms with Gasteiger partial charge in [-0.25, -0.2) is 20.5 Å². The molecular weight excluding hydrogens is 154 g/mol. The molecule has 0 aliphatic heterocycles. The van der Waals surface area contributed by atoms with Gasteiger partial charge in [-0.15, -0.1) is 0 Å². The van der Waals surface area contributed by atoms with Crippen molar-refractivity contribution in [2.75, 3.05) is 20.6 Å². The van der Waals surface area contributed by atoms with Crippen molar-refractivity contribution < 1.29 is 21.7 Å². The first-order valence-corrected chi connectivity index (χ1v) is 2.88. The molecule has 4 nitrogen and oxygen atoms in total. The lowest BCUT2D eigenvalue weighted by molar-refractivity contribution is -0.807. The molecule has 0 radical (unpaired) electrons. The summed E-state index contributed by atoms with van der Waals surface area (Å²) in [5.74, 6) is 4.92. The zero-order valence-corrected chi connectivity index (χ0v) is 7.27. The summed E-state index contributed by atoms with van der Waals surface area (Å²) in [5.41, 5.74) is 2.09. The van der Waals surface area contributed by atoms with Gasteiger partial charge in [-0.1, -0.05) is 0 Å². The fourth-order valence-corrected chi connectivity index (χ4v) is 0.318. The number of carbonyl (C=O) groups excluding carboxylic acids is 1. The number of urea groups is 1. The zero-order chi connectivity index (χ0) is 7.49. The maximum atomic E-state index is 10.8. The Morgan fingerprint density at radius 3 is 2.10 bits per heavy atom. The van der Waals surface area contributed by atoms with Crippen LogP contribution >= 0.6 is 0 Å². The van der Waals surface area contributed by atoms with Crippen molar-refractivity contribution in [1.29, 1.82) is 0 Å². The molecule has 0 aromatic rings. The van der Waals surface area contributed by atoms with Gasteiger partial charge in [0.05, 0.1) is 20.6 Å². The van der Waals surface area contributed by atoms with Crippen LogP contribution in [0.3, 0.4) is 0 Å². The van der Waals surface area contributed by atoms with E-state index in [0.717, 1.165) is 6.54 Å². The van der Waals surface area contributed by atoms with Gasteiger partial charge in [-0.05, 0) is 6.92 Å². The minimum Gasteiger partial charge on any atom is -1.00 e. The molecule has 0 heterocycles. The van der Waals surface area contributed by atoms with Crippen LogP contribution in [0.1, 0.15) is 6.92 Å². The topological polar surface area (TPSA) is 55.1 Å². The first kappa shape index (κ1) is 12.4. The highest BCUT2D eigenvalue weighted by Crippen LogP contribution is 1.94. The number of carbonyl (C=O) groups is 1. The number of hydrazine groups is 1. The van der Waals surface area contributed by atoms with Crippen LogP contribution in [0.15, 0.2) is 0 Å². The molecule has 0 spiro atoms. The molecular formula is C5H14ClN3O. The standard InChI is InChI=1S/C5H13N3O.ClH/c1-4-8(2,3)5(9)7-6;/h4,6H2,1-3H3;1H. The van der Waals surface area contributed by atoms with Gasteiger partial charge in [0.2, 0.25) is 0 Å². The van der Waals surface area contributed by atoms with Gasteiger partial charge in [0.1, 0.15) is 0 Å². The molecule has 3 N–H and O–H groups in total. The highest BCUT2D eigenvalue weighted by molar-refractivity contribution is 5.65. The highest BCUT2D eigenvalue weighted by Gasteiger charge is 2.21. The maximum Gasteiger partial charge on any atom is 0.430 e. The van der Waals surface area contributed by atoms with E-state index in [2.05, 4.69) is 5.43 Å². The lowest BCUT2D eigenvalue weighted by atomic mass is 10.5. The fraction of sp³-hybridized carbons (Fsp3) is 0.800. The average Bonchev–Trinajstić information content (AvgIpc) is 1.86. The molecule has 0 bridgehead atoms. The van der Waals surface area contributed by atoms with Gasteiger partial charge >= 0.3 is 6.03 Å². The first-order chi connectivity index (χ1) is 4.04. The third kappa shape index (κ3) is 3.00. The van der Waals surface area contributed by atoms with Crippen molar-refractivity contribution in [3.63, 3.8) is 0 Å². The minimum absolute atomic E-state index is 0. The Labute approximate surface area is 67.3 Å². The summed E-state index contributed by atoms with van der Waals surface area (Å²) in [6.45, 7) is 2.66. The predicted molar refractivity (Wildman–Crippen MR) is 35.4 cm³/mol. The molecule has 0 aliphatic rings. The van der Waals surface area contributed by atoms with E-state index in [-0.39, 0.29) is 22.9 Å². The number of nitrogens with zero attached hydrogens (tertiary/aromatic N) is 1. The molecule has 0 saturated carbocycles. The van der Waals surface area contributed by atoms with Crippen LogP contribution < -0.4 is 23.7 Å². The number of quaternary nitrogens is 1. The van der Waals surface area contributed by atoms with Crippen LogP contribution in [0.4, 0.5) is 4.79 Å². The van der Waals surface area contributed by atoms with Crippen molar-refractivity contribution >= 4 is 6.03 Å². The van der Waals surface area contributed by atoms with E-state index < -0.39 is 0 Å². The normalized spacial score (nSPS) is 10.0. The van der Waals surface area contributed by atoms with Gasteiger partial charge in [0.15, 0.2) is 0 Å². The number of nitrogens with two attached hydrogens (primary N) is 1. The van der Waals surface area contributed by atoms with Crippen molar-refractivity contribution in [2.24, 2.45) is 5.84 Å². The summed E-state index contributed by atoms with van der Waals surface area (Å²) in [7, 11) is 3.59. The molecule has 5 heteroatoms. The number of rotatable bonds is 1. The summed E-state index contributed by atoms with van der Waals surface area (Å²) >= 11 is 0. The molecule has 10 heavy (non-hydrogen) atoms. The zero-order valence-electron chi connectivity index (χ0n) is 6.52. The van der Waals surface area contributed by atoms with Crippen molar-refractivity contribution in [3.05, 3.63) is 0 Å². The smallest absolute Gasteiger partial charge is 0.430 e. The van der Waals surface area contributed by atoms with E-state index in [1.807, 2.05) is 6.92 Å². The van der Waals surface area contributed by atoms with Crippen molar-refractivity contribution in [1.82, 2.24) is 5.43 Å². The number of halogens is 1. The van der Waals surface area contributed by atoms with Crippen molar-refractivity contribution in [2.45, 2.75) is 6.92 Å². The molecule has 0 fully saturated rings. The molecule has 2 amide bonds. The third-order valence-corrected chi connectivity index (χ3v) is 1.46. The number of nitrogens with one attached hydrogen (secondary N) is 1. The lowest BCUT2D eigenvalue weighted by Gasteiger charge is -2.23. The van der Waals surface area contributed by atoms with E-state index in [4.69, 9.17) is 5.84 Å². The summed E-state index contributed by atoms with van der Waals surface area (Å²) in [6.07, 6.45) is 0. The van der Waals surface area contributed by atoms with E-state index in [1.54, 1.807) is 14.1 Å². The first-order valence-electron chi connectivity index (χ1n) is 2.88.